The molecule has 32 heavy (non-hydrogen) atoms. The maximum atomic E-state index is 13.0. The van der Waals surface area contributed by atoms with Crippen LogP contribution in [0.2, 0.25) is 5.02 Å². The Balaban J connectivity index is 1.47. The molecule has 0 unspecified atom stereocenters. The van der Waals surface area contributed by atoms with Crippen molar-refractivity contribution in [1.82, 2.24) is 19.4 Å². The first kappa shape index (κ1) is 22.1. The Morgan fingerprint density at radius 3 is 2.53 bits per heavy atom. The van der Waals surface area contributed by atoms with Gasteiger partial charge >= 0.3 is 5.69 Å². The molecule has 1 N–H and O–H groups in total. The minimum absolute atomic E-state index is 0.118. The molecule has 4 rings (SSSR count). The van der Waals surface area contributed by atoms with Gasteiger partial charge in [0.05, 0.1) is 18.0 Å². The number of nitrogens with one attached hydrogen (secondary N) is 1. The molecular formula is C23H25ClN4O4. The maximum absolute atomic E-state index is 13.0. The summed E-state index contributed by atoms with van der Waals surface area (Å²) < 4.78 is 6.56. The van der Waals surface area contributed by atoms with Gasteiger partial charge in [0.2, 0.25) is 0 Å². The molecule has 1 saturated heterocycles. The molecule has 0 spiro atoms. The number of halogens is 1. The second-order valence-corrected chi connectivity index (χ2v) is 8.20. The van der Waals surface area contributed by atoms with Crippen LogP contribution in [-0.2, 0) is 13.1 Å². The molecule has 1 aliphatic rings. The lowest BCUT2D eigenvalue weighted by Crippen LogP contribution is -2.48. The van der Waals surface area contributed by atoms with Crippen molar-refractivity contribution >= 4 is 28.4 Å². The molecule has 1 fully saturated rings. The number of methoxy groups -OCH3 is 1. The van der Waals surface area contributed by atoms with Gasteiger partial charge in [0.1, 0.15) is 5.75 Å². The van der Waals surface area contributed by atoms with Crippen molar-refractivity contribution in [3.05, 3.63) is 73.4 Å². The van der Waals surface area contributed by atoms with E-state index in [-0.39, 0.29) is 18.0 Å². The number of ether oxygens (including phenoxy) is 1. The van der Waals surface area contributed by atoms with E-state index in [0.717, 1.165) is 15.9 Å². The van der Waals surface area contributed by atoms with E-state index in [4.69, 9.17) is 16.3 Å². The highest BCUT2D eigenvalue weighted by atomic mass is 35.5. The number of aromatic nitrogens is 2. The van der Waals surface area contributed by atoms with Gasteiger partial charge in [-0.3, -0.25) is 19.1 Å². The van der Waals surface area contributed by atoms with Crippen molar-refractivity contribution in [3.8, 4) is 5.75 Å². The summed E-state index contributed by atoms with van der Waals surface area (Å²) in [4.78, 5) is 44.3. The van der Waals surface area contributed by atoms with Crippen molar-refractivity contribution in [2.45, 2.75) is 20.0 Å². The highest BCUT2D eigenvalue weighted by Crippen LogP contribution is 2.24. The fourth-order valence-corrected chi connectivity index (χ4v) is 4.27. The summed E-state index contributed by atoms with van der Waals surface area (Å²) in [6.07, 6.45) is 0. The summed E-state index contributed by atoms with van der Waals surface area (Å²) in [5, 5.41) is 1.05. The highest BCUT2D eigenvalue weighted by Gasteiger charge is 2.23. The first-order valence-corrected chi connectivity index (χ1v) is 10.9. The zero-order chi connectivity index (χ0) is 22.8. The average Bonchev–Trinajstić information content (AvgIpc) is 2.79. The van der Waals surface area contributed by atoms with Crippen LogP contribution in [0, 0.1) is 0 Å². The highest BCUT2D eigenvalue weighted by molar-refractivity contribution is 6.30. The Bertz CT molecular complexity index is 1280. The van der Waals surface area contributed by atoms with Gasteiger partial charge in [0.15, 0.2) is 0 Å². The number of hydrogen-bond acceptors (Lipinski definition) is 5. The number of hydrogen-bond donors (Lipinski definition) is 1. The molecule has 0 aliphatic carbocycles. The SMILES string of the molecule is CCn1c(=O)[nH]c2cc(C(=O)N3CCN(Cc4cc(Cl)ccc4OC)CC3)ccc2c1=O. The summed E-state index contributed by atoms with van der Waals surface area (Å²) in [5.74, 6) is 0.674. The zero-order valence-corrected chi connectivity index (χ0v) is 18.8. The van der Waals surface area contributed by atoms with E-state index >= 15 is 0 Å². The van der Waals surface area contributed by atoms with Crippen molar-refractivity contribution in [2.24, 2.45) is 0 Å². The first-order valence-electron chi connectivity index (χ1n) is 10.5. The quantitative estimate of drug-likeness (QED) is 0.636. The molecular weight excluding hydrogens is 432 g/mol. The number of benzene rings is 2. The topological polar surface area (TPSA) is 87.6 Å². The molecule has 1 aliphatic heterocycles. The fraction of sp³-hybridized carbons (Fsp3) is 0.348. The molecule has 9 heteroatoms. The number of amides is 1. The zero-order valence-electron chi connectivity index (χ0n) is 18.1. The van der Waals surface area contributed by atoms with E-state index in [1.165, 1.54) is 0 Å². The molecule has 0 saturated carbocycles. The lowest BCUT2D eigenvalue weighted by molar-refractivity contribution is 0.0627. The van der Waals surface area contributed by atoms with Crippen molar-refractivity contribution in [3.63, 3.8) is 0 Å². The summed E-state index contributed by atoms with van der Waals surface area (Å²) in [5.41, 5.74) is 1.01. The van der Waals surface area contributed by atoms with Crippen LogP contribution in [0.15, 0.2) is 46.0 Å². The molecule has 1 aromatic heterocycles. The second-order valence-electron chi connectivity index (χ2n) is 7.76. The monoisotopic (exact) mass is 456 g/mol. The van der Waals surface area contributed by atoms with Gasteiger partial charge < -0.3 is 14.6 Å². The van der Waals surface area contributed by atoms with Crippen LogP contribution in [0.4, 0.5) is 0 Å². The third-order valence-corrected chi connectivity index (χ3v) is 6.08. The predicted octanol–water partition coefficient (Wildman–Crippen LogP) is 2.33. The van der Waals surface area contributed by atoms with E-state index in [0.29, 0.717) is 54.2 Å². The van der Waals surface area contributed by atoms with Crippen LogP contribution in [0.25, 0.3) is 10.9 Å². The van der Waals surface area contributed by atoms with Gasteiger partial charge in [-0.05, 0) is 43.3 Å². The van der Waals surface area contributed by atoms with Crippen LogP contribution in [0.5, 0.6) is 5.75 Å². The lowest BCUT2D eigenvalue weighted by atomic mass is 10.1. The Labute approximate surface area is 190 Å². The molecule has 0 atom stereocenters. The Hall–Kier alpha value is -3.10. The number of fused-ring (bicyclic) bond motifs is 1. The molecule has 2 aromatic carbocycles. The minimum atomic E-state index is -0.473. The molecule has 8 nitrogen and oxygen atoms in total. The summed E-state index contributed by atoms with van der Waals surface area (Å²) in [6, 6.07) is 10.4. The van der Waals surface area contributed by atoms with Gasteiger partial charge in [-0.25, -0.2) is 4.79 Å². The first-order chi connectivity index (χ1) is 15.4. The molecule has 168 valence electrons. The Morgan fingerprint density at radius 1 is 1.09 bits per heavy atom. The third kappa shape index (κ3) is 4.28. The fourth-order valence-electron chi connectivity index (χ4n) is 4.08. The van der Waals surface area contributed by atoms with E-state index < -0.39 is 5.69 Å². The number of piperazine rings is 1. The van der Waals surface area contributed by atoms with Crippen LogP contribution < -0.4 is 16.0 Å². The molecule has 0 bridgehead atoms. The van der Waals surface area contributed by atoms with E-state index in [9.17, 15) is 14.4 Å². The van der Waals surface area contributed by atoms with E-state index in [1.54, 1.807) is 43.2 Å². The van der Waals surface area contributed by atoms with Crippen molar-refractivity contribution in [2.75, 3.05) is 33.3 Å². The summed E-state index contributed by atoms with van der Waals surface area (Å²) >= 11 is 6.13. The molecule has 1 amide bonds. The van der Waals surface area contributed by atoms with Crippen LogP contribution in [0.1, 0.15) is 22.8 Å². The van der Waals surface area contributed by atoms with Gasteiger partial charge in [-0.15, -0.1) is 0 Å². The number of nitrogens with zero attached hydrogens (tertiary/aromatic N) is 3. The number of aromatic amines is 1. The Morgan fingerprint density at radius 2 is 1.84 bits per heavy atom. The third-order valence-electron chi connectivity index (χ3n) is 5.84. The normalized spacial score (nSPS) is 14.7. The van der Waals surface area contributed by atoms with Gasteiger partial charge in [0, 0.05) is 55.4 Å². The molecule has 0 radical (unpaired) electrons. The van der Waals surface area contributed by atoms with Crippen molar-refractivity contribution in [1.29, 1.82) is 0 Å². The predicted molar refractivity (Wildman–Crippen MR) is 124 cm³/mol. The average molecular weight is 457 g/mol. The number of H-pyrrole nitrogens is 1. The summed E-state index contributed by atoms with van der Waals surface area (Å²) in [7, 11) is 1.64. The largest absolute Gasteiger partial charge is 0.496 e. The number of carbonyl (C=O) groups is 1. The van der Waals surface area contributed by atoms with Crippen molar-refractivity contribution < 1.29 is 9.53 Å². The van der Waals surface area contributed by atoms with Crippen LogP contribution in [0.3, 0.4) is 0 Å². The van der Waals surface area contributed by atoms with Crippen LogP contribution >= 0.6 is 11.6 Å². The van der Waals surface area contributed by atoms with Gasteiger partial charge in [-0.2, -0.15) is 0 Å². The number of rotatable bonds is 5. The van der Waals surface area contributed by atoms with Gasteiger partial charge in [-0.1, -0.05) is 11.6 Å². The smallest absolute Gasteiger partial charge is 0.328 e. The maximum Gasteiger partial charge on any atom is 0.328 e. The number of carbonyl (C=O) groups excluding carboxylic acids is 1. The van der Waals surface area contributed by atoms with Crippen LogP contribution in [-0.4, -0.2) is 58.5 Å². The van der Waals surface area contributed by atoms with E-state index in [2.05, 4.69) is 9.88 Å². The lowest BCUT2D eigenvalue weighted by Gasteiger charge is -2.35. The second kappa shape index (κ2) is 9.18. The minimum Gasteiger partial charge on any atom is -0.496 e. The Kier molecular flexibility index (Phi) is 6.34. The summed E-state index contributed by atoms with van der Waals surface area (Å²) in [6.45, 7) is 5.30. The van der Waals surface area contributed by atoms with E-state index in [1.807, 2.05) is 12.1 Å². The molecule has 3 aromatic rings. The standard InChI is InChI=1S/C23H25ClN4O4/c1-3-28-22(30)18-6-4-15(13-19(18)25-23(28)31)21(29)27-10-8-26(9-11-27)14-16-12-17(24)5-7-20(16)32-2/h4-7,12-13H,3,8-11,14H2,1-2H3,(H,25,31). The molecule has 2 heterocycles. The van der Waals surface area contributed by atoms with Gasteiger partial charge in [0.25, 0.3) is 11.5 Å².